The van der Waals surface area contributed by atoms with Crippen LogP contribution in [0.25, 0.3) is 11.4 Å². The van der Waals surface area contributed by atoms with Gasteiger partial charge in [-0.3, -0.25) is 4.79 Å². The van der Waals surface area contributed by atoms with Gasteiger partial charge in [0.15, 0.2) is 5.78 Å². The monoisotopic (exact) mass is 368 g/mol. The maximum Gasteiger partial charge on any atom is 0.204 e. The second kappa shape index (κ2) is 8.14. The largest absolute Gasteiger partial charge is 0.507 e. The molecular formula is C19H20N4O2S. The summed E-state index contributed by atoms with van der Waals surface area (Å²) in [5.41, 5.74) is 3.22. The number of hydrogen-bond donors (Lipinski definition) is 2. The number of Topliss-reactive ketones (excluding diaryl/α,β-unsaturated/α-hetero) is 1. The van der Waals surface area contributed by atoms with E-state index in [4.69, 9.17) is 0 Å². The van der Waals surface area contributed by atoms with Crippen molar-refractivity contribution in [3.63, 3.8) is 0 Å². The second-order valence-corrected chi connectivity index (χ2v) is 7.00. The second-order valence-electron chi connectivity index (χ2n) is 5.95. The first kappa shape index (κ1) is 18.1. The molecule has 0 aliphatic rings. The Morgan fingerprint density at radius 3 is 2.58 bits per heavy atom. The maximum absolute atomic E-state index is 11.7. The number of nitrogens with one attached hydrogen (secondary N) is 1. The van der Waals surface area contributed by atoms with E-state index in [-0.39, 0.29) is 11.5 Å². The molecule has 3 aromatic rings. The summed E-state index contributed by atoms with van der Waals surface area (Å²) in [6.07, 6.45) is 1.66. The fourth-order valence-electron chi connectivity index (χ4n) is 2.77. The molecule has 0 aliphatic heterocycles. The van der Waals surface area contributed by atoms with E-state index in [0.717, 1.165) is 40.2 Å². The molecule has 0 amide bonds. The van der Waals surface area contributed by atoms with Crippen molar-refractivity contribution in [3.05, 3.63) is 53.1 Å². The van der Waals surface area contributed by atoms with Crippen LogP contribution in [0, 0.1) is 0 Å². The van der Waals surface area contributed by atoms with Gasteiger partial charge in [-0.2, -0.15) is 5.21 Å². The lowest BCUT2D eigenvalue weighted by Gasteiger charge is -2.13. The van der Waals surface area contributed by atoms with Gasteiger partial charge in [0.05, 0.1) is 5.56 Å². The summed E-state index contributed by atoms with van der Waals surface area (Å²) in [7, 11) is 0. The number of carbonyl (C=O) groups is 1. The molecule has 0 unspecified atom stereocenters. The number of carbonyl (C=O) groups excluding carboxylic acids is 1. The van der Waals surface area contributed by atoms with E-state index < -0.39 is 0 Å². The Bertz CT molecular complexity index is 893. The van der Waals surface area contributed by atoms with Crippen LogP contribution in [0.15, 0.2) is 41.3 Å². The Morgan fingerprint density at radius 2 is 1.96 bits per heavy atom. The third-order valence-electron chi connectivity index (χ3n) is 4.11. The van der Waals surface area contributed by atoms with Gasteiger partial charge < -0.3 is 5.11 Å². The Hall–Kier alpha value is -2.67. The summed E-state index contributed by atoms with van der Waals surface area (Å²) in [5, 5.41) is 24.4. The highest BCUT2D eigenvalue weighted by atomic mass is 32.2. The maximum atomic E-state index is 11.7. The van der Waals surface area contributed by atoms with Crippen LogP contribution in [0.3, 0.4) is 0 Å². The summed E-state index contributed by atoms with van der Waals surface area (Å²) in [5.74, 6) is 1.31. The summed E-state index contributed by atoms with van der Waals surface area (Å²) in [6, 6.07) is 11.6. The third kappa shape index (κ3) is 3.94. The average molecular weight is 368 g/mol. The van der Waals surface area contributed by atoms with Crippen LogP contribution in [-0.4, -0.2) is 31.5 Å². The van der Waals surface area contributed by atoms with Crippen molar-refractivity contribution in [2.24, 2.45) is 0 Å². The minimum atomic E-state index is -0.115. The van der Waals surface area contributed by atoms with Crippen molar-refractivity contribution >= 4 is 17.5 Å². The number of benzene rings is 2. The molecule has 0 bridgehead atoms. The highest BCUT2D eigenvalue weighted by Gasteiger charge is 2.15. The topological polar surface area (TPSA) is 91.8 Å². The van der Waals surface area contributed by atoms with Gasteiger partial charge in [0.2, 0.25) is 5.82 Å². The quantitative estimate of drug-likeness (QED) is 0.483. The fraction of sp³-hybridized carbons (Fsp3) is 0.263. The fourth-order valence-corrected chi connectivity index (χ4v) is 3.69. The molecule has 2 aromatic carbocycles. The molecule has 1 aromatic heterocycles. The van der Waals surface area contributed by atoms with Gasteiger partial charge in [0, 0.05) is 16.2 Å². The molecule has 0 saturated heterocycles. The molecule has 1 heterocycles. The zero-order valence-electron chi connectivity index (χ0n) is 14.7. The van der Waals surface area contributed by atoms with Crippen molar-refractivity contribution in [2.75, 3.05) is 0 Å². The molecule has 26 heavy (non-hydrogen) atoms. The molecule has 134 valence electrons. The van der Waals surface area contributed by atoms with Crippen LogP contribution in [0.4, 0.5) is 0 Å². The summed E-state index contributed by atoms with van der Waals surface area (Å²) in [4.78, 5) is 12.8. The number of phenolic OH excluding ortho intramolecular Hbond substituents is 1. The first-order valence-corrected chi connectivity index (χ1v) is 9.40. The predicted molar refractivity (Wildman–Crippen MR) is 101 cm³/mol. The molecule has 0 spiro atoms. The van der Waals surface area contributed by atoms with Gasteiger partial charge >= 0.3 is 0 Å². The zero-order valence-corrected chi connectivity index (χ0v) is 15.5. The number of thioether (sulfide) groups is 1. The Morgan fingerprint density at radius 1 is 1.19 bits per heavy atom. The first-order chi connectivity index (χ1) is 12.6. The van der Waals surface area contributed by atoms with E-state index in [2.05, 4.69) is 27.5 Å². The van der Waals surface area contributed by atoms with Crippen molar-refractivity contribution in [3.8, 4) is 17.1 Å². The molecule has 7 heteroatoms. The van der Waals surface area contributed by atoms with Gasteiger partial charge in [0.1, 0.15) is 5.75 Å². The minimum absolute atomic E-state index is 0.115. The Balaban J connectivity index is 1.76. The van der Waals surface area contributed by atoms with Crippen LogP contribution in [0.5, 0.6) is 5.75 Å². The Kier molecular flexibility index (Phi) is 5.68. The zero-order chi connectivity index (χ0) is 18.5. The van der Waals surface area contributed by atoms with E-state index in [1.54, 1.807) is 17.8 Å². The van der Waals surface area contributed by atoms with E-state index in [1.807, 2.05) is 30.3 Å². The lowest BCUT2D eigenvalue weighted by molar-refractivity contribution is 0.101. The van der Waals surface area contributed by atoms with Crippen molar-refractivity contribution in [2.45, 2.75) is 37.3 Å². The summed E-state index contributed by atoms with van der Waals surface area (Å²) >= 11 is 1.68. The lowest BCUT2D eigenvalue weighted by Crippen LogP contribution is -2.00. The number of ketones is 1. The third-order valence-corrected chi connectivity index (χ3v) is 5.17. The molecule has 0 atom stereocenters. The smallest absolute Gasteiger partial charge is 0.204 e. The molecule has 6 nitrogen and oxygen atoms in total. The number of tetrazole rings is 1. The van der Waals surface area contributed by atoms with Gasteiger partial charge in [-0.15, -0.1) is 22.0 Å². The molecule has 0 fully saturated rings. The van der Waals surface area contributed by atoms with Gasteiger partial charge in [-0.05, 0) is 60.0 Å². The number of H-pyrrole nitrogens is 1. The van der Waals surface area contributed by atoms with E-state index in [0.29, 0.717) is 11.4 Å². The number of nitrogens with zero attached hydrogens (tertiary/aromatic N) is 3. The van der Waals surface area contributed by atoms with Crippen LogP contribution in [0.2, 0.25) is 0 Å². The number of rotatable bonds is 7. The van der Waals surface area contributed by atoms with Crippen molar-refractivity contribution in [1.82, 2.24) is 20.6 Å². The van der Waals surface area contributed by atoms with Crippen LogP contribution in [0.1, 0.15) is 41.8 Å². The molecule has 3 rings (SSSR count). The molecule has 2 N–H and O–H groups in total. The number of aromatic hydroxyl groups is 1. The average Bonchev–Trinajstić information content (AvgIpc) is 3.17. The first-order valence-electron chi connectivity index (χ1n) is 8.41. The number of aromatic amines is 1. The standard InChI is InChI=1S/C19H20N4O2S/c1-3-4-17-14(7-10-16(12(2)24)18(17)25)11-26-15-8-5-13(6-9-15)19-20-22-23-21-19/h5-10,25H,3-4,11H2,1-2H3,(H,20,21,22,23). The normalized spacial score (nSPS) is 10.8. The molecular weight excluding hydrogens is 348 g/mol. The van der Waals surface area contributed by atoms with E-state index in [9.17, 15) is 9.90 Å². The highest BCUT2D eigenvalue weighted by Crippen LogP contribution is 2.32. The lowest BCUT2D eigenvalue weighted by atomic mass is 9.98. The Labute approximate surface area is 156 Å². The molecule has 0 saturated carbocycles. The number of aromatic nitrogens is 4. The van der Waals surface area contributed by atoms with E-state index >= 15 is 0 Å². The number of phenols is 1. The number of hydrogen-bond acceptors (Lipinski definition) is 6. The SMILES string of the molecule is CCCc1c(CSc2ccc(-c3nn[nH]n3)cc2)ccc(C(C)=O)c1O. The van der Waals surface area contributed by atoms with Crippen molar-refractivity contribution < 1.29 is 9.90 Å². The van der Waals surface area contributed by atoms with Crippen molar-refractivity contribution in [1.29, 1.82) is 0 Å². The molecule has 0 aliphatic carbocycles. The predicted octanol–water partition coefficient (Wildman–Crippen LogP) is 4.02. The van der Waals surface area contributed by atoms with E-state index in [1.165, 1.54) is 6.92 Å². The summed E-state index contributed by atoms with van der Waals surface area (Å²) in [6.45, 7) is 3.54. The van der Waals surface area contributed by atoms with Gasteiger partial charge in [-0.1, -0.05) is 19.4 Å². The summed E-state index contributed by atoms with van der Waals surface area (Å²) < 4.78 is 0. The van der Waals surface area contributed by atoms with Gasteiger partial charge in [-0.25, -0.2) is 0 Å². The molecule has 0 radical (unpaired) electrons. The van der Waals surface area contributed by atoms with Crippen LogP contribution in [-0.2, 0) is 12.2 Å². The van der Waals surface area contributed by atoms with Crippen LogP contribution >= 0.6 is 11.8 Å². The van der Waals surface area contributed by atoms with Crippen LogP contribution < -0.4 is 0 Å². The minimum Gasteiger partial charge on any atom is -0.507 e. The highest BCUT2D eigenvalue weighted by molar-refractivity contribution is 7.98. The van der Waals surface area contributed by atoms with Gasteiger partial charge in [0.25, 0.3) is 0 Å².